The van der Waals surface area contributed by atoms with E-state index in [1.807, 2.05) is 0 Å². The van der Waals surface area contributed by atoms with E-state index in [2.05, 4.69) is 172 Å². The number of ether oxygens (including phenoxy) is 2. The molecule has 2 unspecified atom stereocenters. The van der Waals surface area contributed by atoms with Gasteiger partial charge in [0, 0.05) is 19.4 Å². The summed E-state index contributed by atoms with van der Waals surface area (Å²) in [4.78, 5) is 35.3. The van der Waals surface area contributed by atoms with E-state index in [9.17, 15) is 19.0 Å². The van der Waals surface area contributed by atoms with Crippen molar-refractivity contribution in [1.82, 2.24) is 0 Å². The van der Waals surface area contributed by atoms with Gasteiger partial charge in [-0.3, -0.25) is 18.6 Å². The fraction of sp³-hybridized carbons (Fsp3) is 0.616. The van der Waals surface area contributed by atoms with Crippen LogP contribution in [0, 0.1) is 0 Å². The van der Waals surface area contributed by atoms with Gasteiger partial charge in [0.15, 0.2) is 6.10 Å². The second-order valence-corrected chi connectivity index (χ2v) is 22.7. The molecule has 0 fully saturated rings. The Kier molecular flexibility index (Phi) is 63.3. The van der Waals surface area contributed by atoms with Crippen LogP contribution in [-0.2, 0) is 32.7 Å². The van der Waals surface area contributed by atoms with E-state index in [0.717, 1.165) is 141 Å². The molecule has 0 aliphatic carbocycles. The molecular weight excluding hydrogens is 1050 g/mol. The first-order chi connectivity index (χ1) is 40.8. The van der Waals surface area contributed by atoms with Gasteiger partial charge >= 0.3 is 19.8 Å². The van der Waals surface area contributed by atoms with Gasteiger partial charge in [-0.25, -0.2) is 4.57 Å². The summed E-state index contributed by atoms with van der Waals surface area (Å²) in [6.07, 6.45) is 97.3. The number of rotatable bonds is 60. The fourth-order valence-electron chi connectivity index (χ4n) is 8.62. The van der Waals surface area contributed by atoms with Crippen molar-refractivity contribution in [1.29, 1.82) is 0 Å². The molecule has 9 nitrogen and oxygen atoms in total. The Bertz CT molecular complexity index is 1920. The van der Waals surface area contributed by atoms with Crippen LogP contribution in [0.15, 0.2) is 158 Å². The minimum absolute atomic E-state index is 0.0447. The molecule has 3 N–H and O–H groups in total. The maximum atomic E-state index is 12.8. The Labute approximate surface area is 509 Å². The molecule has 0 bridgehead atoms. The molecule has 0 aliphatic heterocycles. The molecule has 0 aliphatic rings. The predicted octanol–water partition coefficient (Wildman–Crippen LogP) is 21.6. The zero-order chi connectivity index (χ0) is 60.1. The van der Waals surface area contributed by atoms with E-state index in [4.69, 9.17) is 24.3 Å². The lowest BCUT2D eigenvalue weighted by molar-refractivity contribution is -0.161. The SMILES string of the molecule is CC/C=C\C/C=C\C/C=C\C/C=C\C/C=C\C/C=C\C/C=C\CCCCCCCCCCCCCC(=O)OC(COC(=O)CCCCCCCCCCCC/C=C\C/C=C\C/C=C\C/C=C\C/C=C\C/C=C\CC)COP(=O)(O)OCCN. The monoisotopic (exact) mass is 1170 g/mol. The van der Waals surface area contributed by atoms with Crippen molar-refractivity contribution in [3.05, 3.63) is 158 Å². The van der Waals surface area contributed by atoms with Gasteiger partial charge in [-0.2, -0.15) is 0 Å². The summed E-state index contributed by atoms with van der Waals surface area (Å²) < 4.78 is 33.1. The molecule has 0 heterocycles. The number of carbonyl (C=O) groups is 2. The topological polar surface area (TPSA) is 134 Å². The number of carbonyl (C=O) groups excluding carboxylic acids is 2. The van der Waals surface area contributed by atoms with Gasteiger partial charge in [-0.05, 0) is 122 Å². The molecular formula is C73H120NO8P. The second kappa shape index (κ2) is 66.8. The highest BCUT2D eigenvalue weighted by Gasteiger charge is 2.26. The second-order valence-electron chi connectivity index (χ2n) is 21.2. The first-order valence-electron chi connectivity index (χ1n) is 33.0. The van der Waals surface area contributed by atoms with Crippen LogP contribution in [0.2, 0.25) is 0 Å². The van der Waals surface area contributed by atoms with E-state index < -0.39 is 32.5 Å². The lowest BCUT2D eigenvalue weighted by Crippen LogP contribution is -2.29. The van der Waals surface area contributed by atoms with Crippen LogP contribution >= 0.6 is 7.82 Å². The number of hydrogen-bond acceptors (Lipinski definition) is 8. The van der Waals surface area contributed by atoms with E-state index in [1.54, 1.807) is 0 Å². The van der Waals surface area contributed by atoms with Crippen LogP contribution in [-0.4, -0.2) is 49.3 Å². The molecule has 83 heavy (non-hydrogen) atoms. The van der Waals surface area contributed by atoms with Crippen LogP contribution in [0.5, 0.6) is 0 Å². The normalized spacial score (nSPS) is 14.0. The van der Waals surface area contributed by atoms with Crippen molar-refractivity contribution in [2.75, 3.05) is 26.4 Å². The summed E-state index contributed by atoms with van der Waals surface area (Å²) in [5.41, 5.74) is 5.40. The van der Waals surface area contributed by atoms with Crippen molar-refractivity contribution in [2.24, 2.45) is 5.73 Å². The first kappa shape index (κ1) is 78.6. The summed E-state index contributed by atoms with van der Waals surface area (Å²) in [5.74, 6) is -0.843. The largest absolute Gasteiger partial charge is 0.472 e. The quantitative estimate of drug-likeness (QED) is 0.0264. The smallest absolute Gasteiger partial charge is 0.462 e. The minimum atomic E-state index is -4.41. The van der Waals surface area contributed by atoms with E-state index in [-0.39, 0.29) is 32.6 Å². The lowest BCUT2D eigenvalue weighted by atomic mass is 10.0. The number of unbranched alkanes of at least 4 members (excludes halogenated alkanes) is 21. The Hall–Kier alpha value is -4.37. The summed E-state index contributed by atoms with van der Waals surface area (Å²) in [6.45, 7) is 3.50. The average molecular weight is 1170 g/mol. The van der Waals surface area contributed by atoms with E-state index in [1.165, 1.54) is 83.5 Å². The highest BCUT2D eigenvalue weighted by molar-refractivity contribution is 7.47. The Balaban J connectivity index is 3.99. The summed E-state index contributed by atoms with van der Waals surface area (Å²) in [7, 11) is -4.41. The number of allylic oxidation sites excluding steroid dienone is 26. The van der Waals surface area contributed by atoms with Crippen LogP contribution in [0.3, 0.4) is 0 Å². The van der Waals surface area contributed by atoms with Crippen LogP contribution in [0.25, 0.3) is 0 Å². The first-order valence-corrected chi connectivity index (χ1v) is 34.5. The molecule has 0 amide bonds. The number of hydrogen-bond donors (Lipinski definition) is 2. The van der Waals surface area contributed by atoms with Gasteiger partial charge in [-0.15, -0.1) is 0 Å². The van der Waals surface area contributed by atoms with E-state index in [0.29, 0.717) is 6.42 Å². The highest BCUT2D eigenvalue weighted by Crippen LogP contribution is 2.43. The van der Waals surface area contributed by atoms with Crippen LogP contribution < -0.4 is 5.73 Å². The van der Waals surface area contributed by atoms with Gasteiger partial charge in [-0.1, -0.05) is 281 Å². The number of phosphoric ester groups is 1. The van der Waals surface area contributed by atoms with Crippen LogP contribution in [0.4, 0.5) is 0 Å². The molecule has 0 saturated heterocycles. The molecule has 0 radical (unpaired) electrons. The third-order valence-corrected chi connectivity index (χ3v) is 14.4. The third-order valence-electron chi connectivity index (χ3n) is 13.4. The molecule has 0 saturated carbocycles. The standard InChI is InChI=1S/C73H120NO8P/c1-3-5-7-9-11-13-15-17-19-21-23-25-27-29-31-33-34-35-36-38-40-42-44-46-48-50-52-54-56-58-60-62-64-66-73(76)82-71(70-81-83(77,78)80-68-67-74)69-79-72(75)65-63-61-59-57-55-53-51-49-47-45-43-41-39-37-32-30-28-26-24-22-20-18-16-14-12-10-8-6-4-2/h5-8,11-14,17-20,23-26,29-32,34-35,38-41,71H,3-4,9-10,15-16,21-22,27-28,33,36-37,42-70,74H2,1-2H3,(H,77,78)/b7-5-,8-6-,13-11-,14-12-,19-17-,20-18-,25-23-,26-24-,31-29-,32-30-,35-34-,40-38-,41-39-. The third kappa shape index (κ3) is 66.6. The molecule has 470 valence electrons. The van der Waals surface area contributed by atoms with Gasteiger partial charge in [0.2, 0.25) is 0 Å². The Morgan fingerprint density at radius 2 is 0.627 bits per heavy atom. The molecule has 0 spiro atoms. The van der Waals surface area contributed by atoms with Gasteiger partial charge in [0.05, 0.1) is 13.2 Å². The Morgan fingerprint density at radius 3 is 0.928 bits per heavy atom. The average Bonchev–Trinajstić information content (AvgIpc) is 3.49. The van der Waals surface area contributed by atoms with Crippen molar-refractivity contribution in [3.8, 4) is 0 Å². The zero-order valence-corrected chi connectivity index (χ0v) is 53.5. The molecule has 10 heteroatoms. The highest BCUT2D eigenvalue weighted by atomic mass is 31.2. The molecule has 0 aromatic rings. The molecule has 0 aromatic carbocycles. The molecule has 0 aromatic heterocycles. The maximum Gasteiger partial charge on any atom is 0.472 e. The van der Waals surface area contributed by atoms with Crippen molar-refractivity contribution in [2.45, 2.75) is 264 Å². The van der Waals surface area contributed by atoms with Gasteiger partial charge in [0.25, 0.3) is 0 Å². The maximum absolute atomic E-state index is 12.8. The van der Waals surface area contributed by atoms with Gasteiger partial charge < -0.3 is 20.1 Å². The van der Waals surface area contributed by atoms with Crippen LogP contribution in [0.1, 0.15) is 258 Å². The fourth-order valence-corrected chi connectivity index (χ4v) is 9.39. The summed E-state index contributed by atoms with van der Waals surface area (Å²) in [6, 6.07) is 0. The number of nitrogens with two attached hydrogens (primary N) is 1. The van der Waals surface area contributed by atoms with Crippen molar-refractivity contribution < 1.29 is 37.6 Å². The van der Waals surface area contributed by atoms with Crippen molar-refractivity contribution >= 4 is 19.8 Å². The zero-order valence-electron chi connectivity index (χ0n) is 52.6. The summed E-state index contributed by atoms with van der Waals surface area (Å²) >= 11 is 0. The number of esters is 2. The predicted molar refractivity (Wildman–Crippen MR) is 357 cm³/mol. The van der Waals surface area contributed by atoms with Crippen molar-refractivity contribution in [3.63, 3.8) is 0 Å². The van der Waals surface area contributed by atoms with Gasteiger partial charge in [0.1, 0.15) is 6.61 Å². The Morgan fingerprint density at radius 1 is 0.361 bits per heavy atom. The van der Waals surface area contributed by atoms with E-state index >= 15 is 0 Å². The minimum Gasteiger partial charge on any atom is -0.462 e. The molecule has 2 atom stereocenters. The molecule has 0 rings (SSSR count). The summed E-state index contributed by atoms with van der Waals surface area (Å²) in [5, 5.41) is 0. The number of phosphoric acid groups is 1. The lowest BCUT2D eigenvalue weighted by Gasteiger charge is -2.19.